The Morgan fingerprint density at radius 1 is 0.950 bits per heavy atom. The van der Waals surface area contributed by atoms with Crippen molar-refractivity contribution < 1.29 is 5.11 Å². The zero-order valence-electron chi connectivity index (χ0n) is 11.4. The molecular weight excluding hydrogens is 266 g/mol. The number of nitrogens with zero attached hydrogens (tertiary/aromatic N) is 1. The molecule has 100 valence electrons. The van der Waals surface area contributed by atoms with Gasteiger partial charge in [-0.05, 0) is 38.1 Å². The Morgan fingerprint density at radius 3 is 2.40 bits per heavy atom. The van der Waals surface area contributed by atoms with Gasteiger partial charge in [0.1, 0.15) is 10.8 Å². The molecule has 0 aliphatic carbocycles. The van der Waals surface area contributed by atoms with Crippen molar-refractivity contribution in [2.75, 3.05) is 0 Å². The van der Waals surface area contributed by atoms with Crippen LogP contribution in [0.1, 0.15) is 11.1 Å². The first-order valence-corrected chi connectivity index (χ1v) is 7.33. The van der Waals surface area contributed by atoms with Crippen molar-refractivity contribution >= 4 is 11.3 Å². The zero-order chi connectivity index (χ0) is 14.1. The summed E-state index contributed by atoms with van der Waals surface area (Å²) < 4.78 is 0. The third kappa shape index (κ3) is 2.58. The quantitative estimate of drug-likeness (QED) is 0.732. The average molecular weight is 281 g/mol. The van der Waals surface area contributed by atoms with E-state index in [1.54, 1.807) is 23.5 Å². The molecule has 3 rings (SSSR count). The lowest BCUT2D eigenvalue weighted by atomic mass is 10.1. The molecule has 1 heterocycles. The molecule has 2 nitrogen and oxygen atoms in total. The van der Waals surface area contributed by atoms with E-state index in [0.717, 1.165) is 21.8 Å². The number of phenols is 1. The van der Waals surface area contributed by atoms with E-state index in [9.17, 15) is 5.11 Å². The van der Waals surface area contributed by atoms with Crippen LogP contribution in [0.5, 0.6) is 5.75 Å². The third-order valence-corrected chi connectivity index (χ3v) is 4.01. The van der Waals surface area contributed by atoms with Crippen molar-refractivity contribution in [2.45, 2.75) is 13.8 Å². The third-order valence-electron chi connectivity index (χ3n) is 3.11. The Hall–Kier alpha value is -2.13. The predicted octanol–water partition coefficient (Wildman–Crippen LogP) is 4.80. The highest BCUT2D eigenvalue weighted by molar-refractivity contribution is 7.13. The van der Waals surface area contributed by atoms with Gasteiger partial charge in [0.25, 0.3) is 0 Å². The number of phenolic OH excluding ortho intramolecular Hbond substituents is 1. The molecule has 0 radical (unpaired) electrons. The maximum Gasteiger partial charge on any atom is 0.124 e. The molecule has 3 aromatic rings. The summed E-state index contributed by atoms with van der Waals surface area (Å²) >= 11 is 1.60. The maximum atomic E-state index is 9.55. The molecule has 0 fully saturated rings. The number of rotatable bonds is 2. The lowest BCUT2D eigenvalue weighted by Gasteiger charge is -2.02. The van der Waals surface area contributed by atoms with Crippen molar-refractivity contribution in [3.63, 3.8) is 0 Å². The van der Waals surface area contributed by atoms with E-state index in [1.165, 1.54) is 11.1 Å². The van der Waals surface area contributed by atoms with Crippen LogP contribution >= 0.6 is 11.3 Å². The van der Waals surface area contributed by atoms with Crippen molar-refractivity contribution in [3.05, 3.63) is 59.0 Å². The first-order chi connectivity index (χ1) is 9.61. The summed E-state index contributed by atoms with van der Waals surface area (Å²) in [7, 11) is 0. The summed E-state index contributed by atoms with van der Waals surface area (Å²) in [6.45, 7) is 4.19. The highest BCUT2D eigenvalue weighted by Gasteiger charge is 2.08. The van der Waals surface area contributed by atoms with E-state index < -0.39 is 0 Å². The maximum absolute atomic E-state index is 9.55. The van der Waals surface area contributed by atoms with Crippen molar-refractivity contribution in [1.82, 2.24) is 4.98 Å². The Morgan fingerprint density at radius 2 is 1.70 bits per heavy atom. The van der Waals surface area contributed by atoms with E-state index in [0.29, 0.717) is 0 Å². The van der Waals surface area contributed by atoms with Gasteiger partial charge in [-0.2, -0.15) is 0 Å². The minimum Gasteiger partial charge on any atom is -0.508 e. The molecule has 0 unspecified atom stereocenters. The highest BCUT2D eigenvalue weighted by atomic mass is 32.1. The van der Waals surface area contributed by atoms with Gasteiger partial charge in [-0.25, -0.2) is 4.98 Å². The van der Waals surface area contributed by atoms with Gasteiger partial charge < -0.3 is 5.11 Å². The lowest BCUT2D eigenvalue weighted by Crippen LogP contribution is -1.83. The monoisotopic (exact) mass is 281 g/mol. The van der Waals surface area contributed by atoms with Gasteiger partial charge in [0.2, 0.25) is 0 Å². The van der Waals surface area contributed by atoms with Crippen molar-refractivity contribution in [2.24, 2.45) is 0 Å². The van der Waals surface area contributed by atoms with Crippen LogP contribution in [-0.4, -0.2) is 10.1 Å². The Kier molecular flexibility index (Phi) is 3.28. The fourth-order valence-electron chi connectivity index (χ4n) is 2.30. The molecule has 0 bridgehead atoms. The van der Waals surface area contributed by atoms with Gasteiger partial charge in [0.15, 0.2) is 0 Å². The zero-order valence-corrected chi connectivity index (χ0v) is 12.2. The normalized spacial score (nSPS) is 10.7. The van der Waals surface area contributed by atoms with E-state index in [1.807, 2.05) is 12.1 Å². The molecule has 0 aliphatic heterocycles. The second kappa shape index (κ2) is 5.10. The summed E-state index contributed by atoms with van der Waals surface area (Å²) in [5.74, 6) is 0.269. The summed E-state index contributed by atoms with van der Waals surface area (Å²) in [6.07, 6.45) is 0. The fraction of sp³-hybridized carbons (Fsp3) is 0.118. The highest BCUT2D eigenvalue weighted by Crippen LogP contribution is 2.31. The Bertz CT molecular complexity index is 741. The Balaban J connectivity index is 2.02. The molecule has 1 N–H and O–H groups in total. The first-order valence-electron chi connectivity index (χ1n) is 6.45. The number of aromatic hydroxyl groups is 1. The second-order valence-electron chi connectivity index (χ2n) is 4.96. The first kappa shape index (κ1) is 12.9. The van der Waals surface area contributed by atoms with Crippen LogP contribution in [0.3, 0.4) is 0 Å². The van der Waals surface area contributed by atoms with Crippen LogP contribution < -0.4 is 0 Å². The van der Waals surface area contributed by atoms with E-state index in [2.05, 4.69) is 42.4 Å². The van der Waals surface area contributed by atoms with Gasteiger partial charge in [-0.1, -0.05) is 29.3 Å². The molecule has 3 heteroatoms. The standard InChI is InChI=1S/C17H15NOS/c1-11-6-12(2)8-14(7-11)16-10-20-17(18-16)13-4-3-5-15(19)9-13/h3-10,19H,1-2H3. The number of hydrogen-bond acceptors (Lipinski definition) is 3. The molecule has 0 saturated carbocycles. The fourth-order valence-corrected chi connectivity index (χ4v) is 3.13. The Labute approximate surface area is 122 Å². The number of benzene rings is 2. The minimum atomic E-state index is 0.269. The molecule has 0 amide bonds. The average Bonchev–Trinajstić information content (AvgIpc) is 2.87. The molecule has 0 spiro atoms. The predicted molar refractivity (Wildman–Crippen MR) is 84.1 cm³/mol. The van der Waals surface area contributed by atoms with Crippen molar-refractivity contribution in [1.29, 1.82) is 0 Å². The van der Waals surface area contributed by atoms with Gasteiger partial charge in [-0.15, -0.1) is 11.3 Å². The van der Waals surface area contributed by atoms with Gasteiger partial charge >= 0.3 is 0 Å². The molecule has 0 saturated heterocycles. The second-order valence-corrected chi connectivity index (χ2v) is 5.82. The summed E-state index contributed by atoms with van der Waals surface area (Å²) in [6, 6.07) is 13.7. The van der Waals surface area contributed by atoms with Crippen molar-refractivity contribution in [3.8, 4) is 27.6 Å². The van der Waals surface area contributed by atoms with Crippen LogP contribution in [-0.2, 0) is 0 Å². The topological polar surface area (TPSA) is 33.1 Å². The lowest BCUT2D eigenvalue weighted by molar-refractivity contribution is 0.475. The van der Waals surface area contributed by atoms with Crippen LogP contribution in [0.15, 0.2) is 47.8 Å². The van der Waals surface area contributed by atoms with E-state index in [4.69, 9.17) is 0 Å². The number of aromatic nitrogens is 1. The smallest absolute Gasteiger partial charge is 0.124 e. The van der Waals surface area contributed by atoms with E-state index >= 15 is 0 Å². The van der Waals surface area contributed by atoms with Crippen LogP contribution in [0.25, 0.3) is 21.8 Å². The molecule has 1 aromatic heterocycles. The molecule has 0 atom stereocenters. The molecule has 20 heavy (non-hydrogen) atoms. The van der Waals surface area contributed by atoms with Crippen LogP contribution in [0.2, 0.25) is 0 Å². The van der Waals surface area contributed by atoms with Gasteiger partial charge in [0, 0.05) is 16.5 Å². The largest absolute Gasteiger partial charge is 0.508 e. The summed E-state index contributed by atoms with van der Waals surface area (Å²) in [4.78, 5) is 4.68. The SMILES string of the molecule is Cc1cc(C)cc(-c2csc(-c3cccc(O)c3)n2)c1. The summed E-state index contributed by atoms with van der Waals surface area (Å²) in [5.41, 5.74) is 5.56. The van der Waals surface area contributed by atoms with Crippen LogP contribution in [0.4, 0.5) is 0 Å². The van der Waals surface area contributed by atoms with E-state index in [-0.39, 0.29) is 5.75 Å². The van der Waals surface area contributed by atoms with Crippen LogP contribution in [0, 0.1) is 13.8 Å². The molecular formula is C17H15NOS. The molecule has 0 aliphatic rings. The van der Waals surface area contributed by atoms with Gasteiger partial charge in [-0.3, -0.25) is 0 Å². The number of hydrogen-bond donors (Lipinski definition) is 1. The molecule has 2 aromatic carbocycles. The minimum absolute atomic E-state index is 0.269. The number of thiazole rings is 1. The van der Waals surface area contributed by atoms with Gasteiger partial charge in [0.05, 0.1) is 5.69 Å². The summed E-state index contributed by atoms with van der Waals surface area (Å²) in [5, 5.41) is 12.5. The number of aryl methyl sites for hydroxylation is 2.